The molecule has 0 aromatic heterocycles. The van der Waals surface area contributed by atoms with E-state index in [1.54, 1.807) is 0 Å². The highest BCUT2D eigenvalue weighted by Gasteiger charge is 2.89. The average molecular weight is 521 g/mol. The summed E-state index contributed by atoms with van der Waals surface area (Å²) in [6.07, 6.45) is -27.5. The summed E-state index contributed by atoms with van der Waals surface area (Å²) in [5.41, 5.74) is 0. The van der Waals surface area contributed by atoms with E-state index in [2.05, 4.69) is 4.74 Å². The number of hydrogen-bond acceptors (Lipinski definition) is 4. The van der Waals surface area contributed by atoms with Gasteiger partial charge in [-0.2, -0.15) is 79.9 Å². The maximum Gasteiger partial charge on any atom is 0.458 e. The fraction of sp³-hybridized carbons (Fsp3) is 0.909. The smallest absolute Gasteiger partial charge is 0.390 e. The molecule has 0 spiro atoms. The van der Waals surface area contributed by atoms with Crippen LogP contribution in [0.1, 0.15) is 0 Å². The van der Waals surface area contributed by atoms with Crippen molar-refractivity contribution in [3.8, 4) is 6.07 Å². The third-order valence-corrected chi connectivity index (χ3v) is 3.17. The van der Waals surface area contributed by atoms with Gasteiger partial charge in [0, 0.05) is 0 Å². The molecule has 0 heterocycles. The van der Waals surface area contributed by atoms with Crippen molar-refractivity contribution in [2.24, 2.45) is 0 Å². The molecule has 1 N–H and O–H groups in total. The van der Waals surface area contributed by atoms with Crippen molar-refractivity contribution >= 4 is 0 Å². The molecule has 0 aromatic rings. The second kappa shape index (κ2) is 8.19. The van der Waals surface area contributed by atoms with Crippen LogP contribution in [0.5, 0.6) is 0 Å². The minimum atomic E-state index is -8.36. The Labute approximate surface area is 163 Å². The summed E-state index contributed by atoms with van der Waals surface area (Å²) in [5, 5.41) is 15.6. The van der Waals surface area contributed by atoms with Gasteiger partial charge in [0.05, 0.1) is 0 Å². The molecule has 4 nitrogen and oxygen atoms in total. The molecule has 0 amide bonds. The first-order chi connectivity index (χ1) is 13.7. The van der Waals surface area contributed by atoms with E-state index in [1.165, 1.54) is 4.74 Å². The van der Waals surface area contributed by atoms with E-state index in [0.29, 0.717) is 0 Å². The van der Waals surface area contributed by atoms with E-state index >= 15 is 0 Å². The van der Waals surface area contributed by atoms with Gasteiger partial charge in [0.1, 0.15) is 12.7 Å². The molecule has 21 heteroatoms. The predicted molar refractivity (Wildman–Crippen MR) is 59.3 cm³/mol. The molecule has 0 saturated carbocycles. The number of alkyl halides is 17. The van der Waals surface area contributed by atoms with Crippen LogP contribution in [0.15, 0.2) is 0 Å². The van der Waals surface area contributed by atoms with Gasteiger partial charge < -0.3 is 5.11 Å². The number of nitriles is 1. The van der Waals surface area contributed by atoms with Gasteiger partial charge in [-0.3, -0.25) is 9.47 Å². The summed E-state index contributed by atoms with van der Waals surface area (Å²) in [6.45, 7) is -3.44. The second-order valence-corrected chi connectivity index (χ2v) is 5.38. The third kappa shape index (κ3) is 4.48. The van der Waals surface area contributed by atoms with Crippen molar-refractivity contribution in [1.29, 1.82) is 5.26 Å². The van der Waals surface area contributed by atoms with E-state index in [-0.39, 0.29) is 6.07 Å². The number of aliphatic hydroxyl groups excluding tert-OH is 1. The van der Waals surface area contributed by atoms with Gasteiger partial charge in [-0.05, 0) is 0 Å². The predicted octanol–water partition coefficient (Wildman–Crippen LogP) is 4.79. The van der Waals surface area contributed by atoms with Gasteiger partial charge in [-0.25, -0.2) is 0 Å². The van der Waals surface area contributed by atoms with Gasteiger partial charge in [0.15, 0.2) is 0 Å². The lowest BCUT2D eigenvalue weighted by Gasteiger charge is -2.41. The van der Waals surface area contributed by atoms with Crippen LogP contribution in [0.2, 0.25) is 0 Å². The van der Waals surface area contributed by atoms with Crippen LogP contribution < -0.4 is 0 Å². The Morgan fingerprint density at radius 1 is 0.688 bits per heavy atom. The van der Waals surface area contributed by atoms with Crippen LogP contribution in [0.25, 0.3) is 0 Å². The van der Waals surface area contributed by atoms with Crippen LogP contribution in [0, 0.1) is 11.3 Å². The number of hydrogen-bond donors (Lipinski definition) is 1. The van der Waals surface area contributed by atoms with Crippen molar-refractivity contribution in [3.05, 3.63) is 0 Å². The Bertz CT molecular complexity index is 714. The Morgan fingerprint density at radius 2 is 1.09 bits per heavy atom. The third-order valence-electron chi connectivity index (χ3n) is 3.17. The highest BCUT2D eigenvalue weighted by Crippen LogP contribution is 2.59. The fourth-order valence-electron chi connectivity index (χ4n) is 1.46. The van der Waals surface area contributed by atoms with E-state index in [4.69, 9.17) is 10.4 Å². The molecule has 0 rings (SSSR count). The van der Waals surface area contributed by atoms with Crippen LogP contribution in [-0.4, -0.2) is 66.0 Å². The summed E-state index contributed by atoms with van der Waals surface area (Å²) in [7, 11) is 0. The van der Waals surface area contributed by atoms with E-state index in [9.17, 15) is 74.6 Å². The molecule has 0 aliphatic rings. The molecule has 0 aliphatic heterocycles. The van der Waals surface area contributed by atoms with E-state index in [1.807, 2.05) is 0 Å². The Hall–Kier alpha value is -1.82. The number of halogens is 17. The maximum atomic E-state index is 13.7. The van der Waals surface area contributed by atoms with Gasteiger partial charge >= 0.3 is 47.9 Å². The quantitative estimate of drug-likeness (QED) is 0.421. The Kier molecular flexibility index (Phi) is 7.73. The Morgan fingerprint density at radius 3 is 1.41 bits per heavy atom. The van der Waals surface area contributed by atoms with Crippen LogP contribution >= 0.6 is 0 Å². The molecular formula is C11H4F17NO3. The monoisotopic (exact) mass is 521 g/mol. The number of aliphatic hydroxyl groups is 1. The van der Waals surface area contributed by atoms with Crippen molar-refractivity contribution in [2.75, 3.05) is 6.61 Å². The highest BCUT2D eigenvalue weighted by molar-refractivity contribution is 5.07. The number of nitrogens with zero attached hydrogens (tertiary/aromatic N) is 1. The highest BCUT2D eigenvalue weighted by atomic mass is 19.4. The summed E-state index contributed by atoms with van der Waals surface area (Å²) in [6, 6.07) is -0.115. The van der Waals surface area contributed by atoms with Gasteiger partial charge in [-0.15, -0.1) is 0 Å². The molecular weight excluding hydrogens is 517 g/mol. The standard InChI is InChI=1S/C11H4F17NO3/c12-3(1-29)31-11(27,28)8(21,9(22,23)24)32-10(25,26)7(19,20)6(17,18)5(15,16)4(13,14)2-30/h3,30H,2H2. The molecule has 2 atom stereocenters. The first-order valence-electron chi connectivity index (χ1n) is 6.77. The zero-order valence-electron chi connectivity index (χ0n) is 13.9. The topological polar surface area (TPSA) is 62.5 Å². The van der Waals surface area contributed by atoms with Gasteiger partial charge in [0.25, 0.3) is 6.36 Å². The number of rotatable bonds is 10. The lowest BCUT2D eigenvalue weighted by Crippen LogP contribution is -2.71. The molecule has 0 bridgehead atoms. The molecule has 0 aromatic carbocycles. The minimum Gasteiger partial charge on any atom is -0.390 e. The molecule has 0 fully saturated rings. The first kappa shape index (κ1) is 30.2. The van der Waals surface area contributed by atoms with Crippen molar-refractivity contribution in [3.63, 3.8) is 0 Å². The van der Waals surface area contributed by atoms with Crippen LogP contribution in [0.3, 0.4) is 0 Å². The largest absolute Gasteiger partial charge is 0.458 e. The second-order valence-electron chi connectivity index (χ2n) is 5.38. The summed E-state index contributed by atoms with van der Waals surface area (Å²) in [4.78, 5) is 0. The van der Waals surface area contributed by atoms with Crippen LogP contribution in [0.4, 0.5) is 74.6 Å². The molecule has 0 saturated heterocycles. The molecule has 2 unspecified atom stereocenters. The molecule has 190 valence electrons. The van der Waals surface area contributed by atoms with Gasteiger partial charge in [0.2, 0.25) is 0 Å². The minimum absolute atomic E-state index is 0.115. The SMILES string of the molecule is N#CC(F)OC(F)(F)C(F)(OC(F)(F)C(F)(F)C(F)(F)C(F)(F)C(F)(F)CO)C(F)(F)F. The lowest BCUT2D eigenvalue weighted by atomic mass is 9.98. The zero-order chi connectivity index (χ0) is 26.4. The molecule has 0 radical (unpaired) electrons. The van der Waals surface area contributed by atoms with Crippen molar-refractivity contribution in [1.82, 2.24) is 0 Å². The number of ether oxygens (including phenoxy) is 2. The zero-order valence-corrected chi connectivity index (χ0v) is 13.9. The normalized spacial score (nSPS) is 18.2. The van der Waals surface area contributed by atoms with E-state index in [0.717, 1.165) is 0 Å². The van der Waals surface area contributed by atoms with Crippen LogP contribution in [-0.2, 0) is 9.47 Å². The summed E-state index contributed by atoms with van der Waals surface area (Å²) in [5.74, 6) is -38.8. The molecule has 0 aliphatic carbocycles. The lowest BCUT2D eigenvalue weighted by molar-refractivity contribution is -0.539. The van der Waals surface area contributed by atoms with E-state index < -0.39 is 60.9 Å². The fourth-order valence-corrected chi connectivity index (χ4v) is 1.46. The summed E-state index contributed by atoms with van der Waals surface area (Å²) >= 11 is 0. The van der Waals surface area contributed by atoms with Crippen molar-refractivity contribution in [2.45, 2.75) is 54.3 Å². The average Bonchev–Trinajstić information content (AvgIpc) is 2.58. The maximum absolute atomic E-state index is 13.7. The molecule has 32 heavy (non-hydrogen) atoms. The van der Waals surface area contributed by atoms with Crippen molar-refractivity contribution < 1.29 is 89.2 Å². The Balaban J connectivity index is 6.66. The first-order valence-corrected chi connectivity index (χ1v) is 6.77. The summed E-state index contributed by atoms with van der Waals surface area (Å²) < 4.78 is 225. The van der Waals surface area contributed by atoms with Gasteiger partial charge in [-0.1, -0.05) is 0 Å².